The summed E-state index contributed by atoms with van der Waals surface area (Å²) in [6, 6.07) is 10.8. The largest absolute Gasteiger partial charge is 0.573 e. The lowest BCUT2D eigenvalue weighted by Gasteiger charge is -2.10. The lowest BCUT2D eigenvalue weighted by molar-refractivity contribution is -0.274. The molecule has 6 nitrogen and oxygen atoms in total. The number of carbonyl (C=O) groups is 1. The third kappa shape index (κ3) is 6.11. The molecule has 10 heteroatoms. The summed E-state index contributed by atoms with van der Waals surface area (Å²) < 4.78 is 45.7. The lowest BCUT2D eigenvalue weighted by atomic mass is 10.2. The average molecular weight is 437 g/mol. The Labute approximate surface area is 174 Å². The Morgan fingerprint density at radius 3 is 2.57 bits per heavy atom. The fourth-order valence-electron chi connectivity index (χ4n) is 2.59. The Morgan fingerprint density at radius 2 is 1.90 bits per heavy atom. The molecule has 0 aliphatic carbocycles. The predicted octanol–water partition coefficient (Wildman–Crippen LogP) is 5.28. The van der Waals surface area contributed by atoms with Gasteiger partial charge in [-0.3, -0.25) is 4.79 Å². The number of carbonyl (C=O) groups excluding carboxylic acids is 1. The predicted molar refractivity (Wildman–Crippen MR) is 109 cm³/mol. The molecule has 30 heavy (non-hydrogen) atoms. The number of nitrogens with zero attached hydrogens (tertiary/aromatic N) is 1. The molecular formula is C20H18F3N3O3S. The van der Waals surface area contributed by atoms with Crippen molar-refractivity contribution in [2.24, 2.45) is 0 Å². The van der Waals surface area contributed by atoms with E-state index in [0.717, 1.165) is 5.56 Å². The summed E-state index contributed by atoms with van der Waals surface area (Å²) in [5.41, 5.74) is 2.66. The maximum atomic E-state index is 12.4. The van der Waals surface area contributed by atoms with Crippen molar-refractivity contribution in [3.8, 4) is 11.5 Å². The Bertz CT molecular complexity index is 1020. The van der Waals surface area contributed by atoms with Crippen LogP contribution < -0.4 is 20.1 Å². The number of hydrogen-bond donors (Lipinski definition) is 2. The molecule has 0 atom stereocenters. The second kappa shape index (κ2) is 9.04. The summed E-state index contributed by atoms with van der Waals surface area (Å²) in [5, 5.41) is 8.03. The number of methoxy groups -OCH3 is 1. The Balaban J connectivity index is 1.59. The Kier molecular flexibility index (Phi) is 6.46. The van der Waals surface area contributed by atoms with E-state index >= 15 is 0 Å². The van der Waals surface area contributed by atoms with Crippen LogP contribution in [0.15, 0.2) is 47.8 Å². The molecule has 1 heterocycles. The van der Waals surface area contributed by atoms with E-state index in [9.17, 15) is 18.0 Å². The maximum absolute atomic E-state index is 12.4. The van der Waals surface area contributed by atoms with Gasteiger partial charge in [0.25, 0.3) is 0 Å². The zero-order chi connectivity index (χ0) is 21.7. The van der Waals surface area contributed by atoms with Gasteiger partial charge in [-0.1, -0.05) is 6.07 Å². The molecule has 0 fully saturated rings. The van der Waals surface area contributed by atoms with E-state index < -0.39 is 6.36 Å². The number of ether oxygens (including phenoxy) is 2. The Morgan fingerprint density at radius 1 is 1.17 bits per heavy atom. The zero-order valence-electron chi connectivity index (χ0n) is 16.0. The van der Waals surface area contributed by atoms with E-state index in [4.69, 9.17) is 4.74 Å². The molecule has 0 unspecified atom stereocenters. The van der Waals surface area contributed by atoms with Crippen LogP contribution in [0.25, 0.3) is 0 Å². The fourth-order valence-corrected chi connectivity index (χ4v) is 3.32. The molecule has 1 aromatic heterocycles. The van der Waals surface area contributed by atoms with Crippen LogP contribution in [-0.2, 0) is 11.2 Å². The van der Waals surface area contributed by atoms with Crippen molar-refractivity contribution >= 4 is 33.8 Å². The van der Waals surface area contributed by atoms with Crippen LogP contribution in [0.4, 0.5) is 29.7 Å². The number of amides is 1. The maximum Gasteiger partial charge on any atom is 0.573 e. The monoisotopic (exact) mass is 437 g/mol. The first kappa shape index (κ1) is 21.4. The second-order valence-corrected chi connectivity index (χ2v) is 7.13. The normalized spacial score (nSPS) is 11.1. The van der Waals surface area contributed by atoms with Crippen molar-refractivity contribution in [3.05, 3.63) is 59.1 Å². The first-order valence-corrected chi connectivity index (χ1v) is 9.61. The van der Waals surface area contributed by atoms with Crippen molar-refractivity contribution in [3.63, 3.8) is 0 Å². The number of nitrogens with one attached hydrogen (secondary N) is 2. The van der Waals surface area contributed by atoms with Crippen molar-refractivity contribution < 1.29 is 27.4 Å². The fraction of sp³-hybridized carbons (Fsp3) is 0.200. The minimum absolute atomic E-state index is 0.0631. The van der Waals surface area contributed by atoms with Crippen LogP contribution in [0.2, 0.25) is 0 Å². The molecule has 3 aromatic rings. The molecule has 0 spiro atoms. The quantitative estimate of drug-likeness (QED) is 0.526. The second-order valence-electron chi connectivity index (χ2n) is 6.27. The van der Waals surface area contributed by atoms with Crippen LogP contribution in [0.3, 0.4) is 0 Å². The first-order valence-electron chi connectivity index (χ1n) is 8.73. The lowest BCUT2D eigenvalue weighted by Crippen LogP contribution is -2.16. The summed E-state index contributed by atoms with van der Waals surface area (Å²) >= 11 is 1.28. The van der Waals surface area contributed by atoms with Crippen molar-refractivity contribution in [2.45, 2.75) is 19.7 Å². The van der Waals surface area contributed by atoms with Crippen molar-refractivity contribution in [1.29, 1.82) is 0 Å². The van der Waals surface area contributed by atoms with Gasteiger partial charge in [0.05, 0.1) is 24.9 Å². The van der Waals surface area contributed by atoms with Gasteiger partial charge < -0.3 is 20.1 Å². The highest BCUT2D eigenvalue weighted by Crippen LogP contribution is 2.27. The van der Waals surface area contributed by atoms with Gasteiger partial charge in [0.2, 0.25) is 5.91 Å². The minimum Gasteiger partial charge on any atom is -0.495 e. The third-order valence-corrected chi connectivity index (χ3v) is 4.67. The highest BCUT2D eigenvalue weighted by Gasteiger charge is 2.30. The molecule has 0 bridgehead atoms. The smallest absolute Gasteiger partial charge is 0.495 e. The number of alkyl halides is 3. The van der Waals surface area contributed by atoms with Gasteiger partial charge in [0.1, 0.15) is 11.5 Å². The van der Waals surface area contributed by atoms with Crippen molar-refractivity contribution in [2.75, 3.05) is 17.7 Å². The minimum atomic E-state index is -4.73. The van der Waals surface area contributed by atoms with Gasteiger partial charge in [-0.15, -0.1) is 24.5 Å². The van der Waals surface area contributed by atoms with Gasteiger partial charge in [-0.25, -0.2) is 4.98 Å². The number of aryl methyl sites for hydroxylation is 1. The molecule has 158 valence electrons. The summed E-state index contributed by atoms with van der Waals surface area (Å²) in [7, 11) is 1.53. The SMILES string of the molecule is COc1ccc(C)cc1NC(=O)Cc1csc(Nc2ccc(OC(F)(F)F)cc2)n1. The summed E-state index contributed by atoms with van der Waals surface area (Å²) in [4.78, 5) is 16.7. The van der Waals surface area contributed by atoms with Crippen LogP contribution >= 0.6 is 11.3 Å². The average Bonchev–Trinajstić information content (AvgIpc) is 3.09. The first-order chi connectivity index (χ1) is 14.2. The summed E-state index contributed by atoms with van der Waals surface area (Å²) in [6.07, 6.45) is -4.67. The van der Waals surface area contributed by atoms with Crippen LogP contribution in [0.1, 0.15) is 11.3 Å². The molecule has 0 aliphatic heterocycles. The number of halogens is 3. The topological polar surface area (TPSA) is 72.5 Å². The van der Waals surface area contributed by atoms with Crippen molar-refractivity contribution in [1.82, 2.24) is 4.98 Å². The number of hydrogen-bond acceptors (Lipinski definition) is 6. The van der Waals surface area contributed by atoms with Crippen LogP contribution in [0, 0.1) is 6.92 Å². The molecule has 1 amide bonds. The molecule has 3 rings (SSSR count). The van der Waals surface area contributed by atoms with E-state index in [-0.39, 0.29) is 18.1 Å². The summed E-state index contributed by atoms with van der Waals surface area (Å²) in [6.45, 7) is 1.91. The number of thiazole rings is 1. The van der Waals surface area contributed by atoms with E-state index in [0.29, 0.717) is 27.9 Å². The van der Waals surface area contributed by atoms with E-state index in [2.05, 4.69) is 20.4 Å². The number of rotatable bonds is 7. The van der Waals surface area contributed by atoms with Gasteiger partial charge in [-0.05, 0) is 48.9 Å². The molecule has 0 radical (unpaired) electrons. The van der Waals surface area contributed by atoms with E-state index in [1.165, 1.54) is 42.7 Å². The number of anilines is 3. The Hall–Kier alpha value is -3.27. The molecule has 2 N–H and O–H groups in total. The highest BCUT2D eigenvalue weighted by molar-refractivity contribution is 7.13. The van der Waals surface area contributed by atoms with Crippen LogP contribution in [0.5, 0.6) is 11.5 Å². The van der Waals surface area contributed by atoms with Gasteiger partial charge in [0, 0.05) is 11.1 Å². The third-order valence-electron chi connectivity index (χ3n) is 3.86. The molecule has 0 aliphatic rings. The van der Waals surface area contributed by atoms with Crippen LogP contribution in [-0.4, -0.2) is 24.4 Å². The standard InChI is InChI=1S/C20H18F3N3O3S/c1-12-3-8-17(28-2)16(9-12)26-18(27)10-14-11-30-19(25-14)24-13-4-6-15(7-5-13)29-20(21,22)23/h3-9,11H,10H2,1-2H3,(H,24,25)(H,26,27). The molecule has 0 saturated carbocycles. The van der Waals surface area contributed by atoms with E-state index in [1.54, 1.807) is 11.4 Å². The van der Waals surface area contributed by atoms with Gasteiger partial charge in [-0.2, -0.15) is 0 Å². The highest BCUT2D eigenvalue weighted by atomic mass is 32.1. The van der Waals surface area contributed by atoms with E-state index in [1.807, 2.05) is 19.1 Å². The molecule has 2 aromatic carbocycles. The molecular weight excluding hydrogens is 419 g/mol. The van der Waals surface area contributed by atoms with Gasteiger partial charge in [0.15, 0.2) is 5.13 Å². The summed E-state index contributed by atoms with van der Waals surface area (Å²) in [5.74, 6) is 0.00746. The number of benzene rings is 2. The zero-order valence-corrected chi connectivity index (χ0v) is 16.9. The van der Waals surface area contributed by atoms with Gasteiger partial charge >= 0.3 is 6.36 Å². The molecule has 0 saturated heterocycles. The number of aromatic nitrogens is 1.